The molecule has 3 aromatic rings. The van der Waals surface area contributed by atoms with Crippen molar-refractivity contribution in [3.63, 3.8) is 0 Å². The lowest BCUT2D eigenvalue weighted by atomic mass is 9.83. The number of aryl methyl sites for hydroxylation is 1. The first-order valence-electron chi connectivity index (χ1n) is 8.25. The van der Waals surface area contributed by atoms with Crippen LogP contribution in [0.2, 0.25) is 0 Å². The Morgan fingerprint density at radius 2 is 2.12 bits per heavy atom. The zero-order valence-electron chi connectivity index (χ0n) is 13.6. The number of rotatable bonds is 4. The number of hydrogen-bond acceptors (Lipinski definition) is 5. The molecule has 0 fully saturated rings. The van der Waals surface area contributed by atoms with Crippen LogP contribution < -0.4 is 5.32 Å². The van der Waals surface area contributed by atoms with Crippen LogP contribution in [0.25, 0.3) is 11.3 Å². The van der Waals surface area contributed by atoms with E-state index >= 15 is 0 Å². The van der Waals surface area contributed by atoms with Crippen LogP contribution in [0.5, 0.6) is 0 Å². The summed E-state index contributed by atoms with van der Waals surface area (Å²) >= 11 is 0. The molecule has 6 heteroatoms. The van der Waals surface area contributed by atoms with Gasteiger partial charge < -0.3 is 19.4 Å². The zero-order valence-corrected chi connectivity index (χ0v) is 13.6. The van der Waals surface area contributed by atoms with E-state index in [1.54, 1.807) is 18.4 Å². The predicted octanol–water partition coefficient (Wildman–Crippen LogP) is 2.89. The van der Waals surface area contributed by atoms with E-state index in [9.17, 15) is 9.90 Å². The minimum atomic E-state index is -1.11. The highest BCUT2D eigenvalue weighted by molar-refractivity contribution is 5.93. The van der Waals surface area contributed by atoms with Gasteiger partial charge in [0.1, 0.15) is 11.4 Å². The van der Waals surface area contributed by atoms with Gasteiger partial charge in [0, 0.05) is 23.6 Å². The van der Waals surface area contributed by atoms with Gasteiger partial charge in [-0.15, -0.1) is 0 Å². The number of fused-ring (bicyclic) bond motifs is 1. The average Bonchev–Trinajstić information content (AvgIpc) is 3.31. The molecule has 0 radical (unpaired) electrons. The second kappa shape index (κ2) is 6.22. The lowest BCUT2D eigenvalue weighted by Crippen LogP contribution is -2.42. The van der Waals surface area contributed by atoms with Gasteiger partial charge in [0.25, 0.3) is 5.91 Å². The maximum atomic E-state index is 12.4. The molecule has 0 saturated carbocycles. The van der Waals surface area contributed by atoms with Crippen molar-refractivity contribution in [2.75, 3.05) is 6.54 Å². The van der Waals surface area contributed by atoms with Crippen LogP contribution in [-0.2, 0) is 12.0 Å². The van der Waals surface area contributed by atoms with Crippen molar-refractivity contribution in [1.29, 1.82) is 0 Å². The van der Waals surface area contributed by atoms with Gasteiger partial charge in [-0.2, -0.15) is 0 Å². The number of carbonyl (C=O) groups is 1. The van der Waals surface area contributed by atoms with Crippen molar-refractivity contribution in [3.8, 4) is 11.3 Å². The number of nitrogens with zero attached hydrogens (tertiary/aromatic N) is 1. The molecule has 1 unspecified atom stereocenters. The Morgan fingerprint density at radius 1 is 1.28 bits per heavy atom. The Labute approximate surface area is 144 Å². The molecule has 6 nitrogen and oxygen atoms in total. The van der Waals surface area contributed by atoms with Gasteiger partial charge in [-0.3, -0.25) is 4.79 Å². The highest BCUT2D eigenvalue weighted by Crippen LogP contribution is 2.35. The van der Waals surface area contributed by atoms with Crippen molar-refractivity contribution >= 4 is 5.91 Å². The van der Waals surface area contributed by atoms with Gasteiger partial charge in [0.05, 0.1) is 12.8 Å². The summed E-state index contributed by atoms with van der Waals surface area (Å²) in [6, 6.07) is 12.8. The fourth-order valence-electron chi connectivity index (χ4n) is 3.25. The van der Waals surface area contributed by atoms with Crippen LogP contribution in [0.15, 0.2) is 57.7 Å². The number of furan rings is 1. The Bertz CT molecular complexity index is 884. The number of amides is 1. The van der Waals surface area contributed by atoms with E-state index in [4.69, 9.17) is 8.94 Å². The molecule has 1 atom stereocenters. The number of nitrogens with one attached hydrogen (secondary N) is 1. The average molecular weight is 338 g/mol. The zero-order chi connectivity index (χ0) is 17.3. The van der Waals surface area contributed by atoms with Crippen LogP contribution in [0, 0.1) is 0 Å². The maximum absolute atomic E-state index is 12.4. The minimum absolute atomic E-state index is 0.103. The third kappa shape index (κ3) is 2.96. The first-order valence-corrected chi connectivity index (χ1v) is 8.25. The van der Waals surface area contributed by atoms with Gasteiger partial charge in [0.2, 0.25) is 0 Å². The molecular formula is C19H18N2O4. The molecule has 1 aromatic carbocycles. The number of aliphatic hydroxyl groups is 1. The second-order valence-electron chi connectivity index (χ2n) is 6.27. The lowest BCUT2D eigenvalue weighted by Gasteiger charge is -2.31. The third-order valence-corrected chi connectivity index (χ3v) is 4.58. The van der Waals surface area contributed by atoms with Gasteiger partial charge in [0.15, 0.2) is 11.5 Å². The molecule has 0 aliphatic heterocycles. The molecule has 0 saturated heterocycles. The molecular weight excluding hydrogens is 320 g/mol. The summed E-state index contributed by atoms with van der Waals surface area (Å²) in [6.07, 6.45) is 3.78. The third-order valence-electron chi connectivity index (χ3n) is 4.58. The largest absolute Gasteiger partial charge is 0.469 e. The van der Waals surface area contributed by atoms with Gasteiger partial charge in [-0.1, -0.05) is 35.5 Å². The number of benzene rings is 1. The standard InChI is InChI=1S/C19H18N2O4/c22-18(15-11-17(25-21-15)13-5-2-1-3-6-13)20-12-19(23)9-4-7-16-14(19)8-10-24-16/h1-3,5-6,8,10-11,23H,4,7,9,12H2,(H,20,22). The van der Waals surface area contributed by atoms with E-state index in [0.29, 0.717) is 12.2 Å². The van der Waals surface area contributed by atoms with E-state index < -0.39 is 5.60 Å². The van der Waals surface area contributed by atoms with Crippen LogP contribution in [0.3, 0.4) is 0 Å². The fourth-order valence-corrected chi connectivity index (χ4v) is 3.25. The summed E-state index contributed by atoms with van der Waals surface area (Å²) < 4.78 is 10.6. The van der Waals surface area contributed by atoms with E-state index in [2.05, 4.69) is 10.5 Å². The predicted molar refractivity (Wildman–Crippen MR) is 89.8 cm³/mol. The molecule has 1 amide bonds. The number of hydrogen-bond donors (Lipinski definition) is 2. The topological polar surface area (TPSA) is 88.5 Å². The van der Waals surface area contributed by atoms with E-state index in [-0.39, 0.29) is 18.1 Å². The summed E-state index contributed by atoms with van der Waals surface area (Å²) in [5, 5.41) is 17.5. The Kier molecular flexibility index (Phi) is 3.89. The lowest BCUT2D eigenvalue weighted by molar-refractivity contribution is 0.0168. The number of aromatic nitrogens is 1. The van der Waals surface area contributed by atoms with Crippen molar-refractivity contribution in [2.45, 2.75) is 24.9 Å². The summed E-state index contributed by atoms with van der Waals surface area (Å²) in [4.78, 5) is 12.4. The molecule has 128 valence electrons. The molecule has 25 heavy (non-hydrogen) atoms. The normalized spacial score (nSPS) is 19.4. The maximum Gasteiger partial charge on any atom is 0.273 e. The SMILES string of the molecule is O=C(NCC1(O)CCCc2occc21)c1cc(-c2ccccc2)on1. The molecule has 0 spiro atoms. The van der Waals surface area contributed by atoms with E-state index in [1.807, 2.05) is 30.3 Å². The van der Waals surface area contributed by atoms with Crippen molar-refractivity contribution in [1.82, 2.24) is 10.5 Å². The summed E-state index contributed by atoms with van der Waals surface area (Å²) in [5.41, 5.74) is 0.681. The van der Waals surface area contributed by atoms with Crippen molar-refractivity contribution < 1.29 is 18.8 Å². The van der Waals surface area contributed by atoms with Gasteiger partial charge in [-0.25, -0.2) is 0 Å². The number of carbonyl (C=O) groups excluding carboxylic acids is 1. The van der Waals surface area contributed by atoms with Crippen LogP contribution in [0.4, 0.5) is 0 Å². The first kappa shape index (κ1) is 15.7. The van der Waals surface area contributed by atoms with Crippen molar-refractivity contribution in [2.24, 2.45) is 0 Å². The fraction of sp³-hybridized carbons (Fsp3) is 0.263. The summed E-state index contributed by atoms with van der Waals surface area (Å²) in [6.45, 7) is 0.103. The van der Waals surface area contributed by atoms with Crippen LogP contribution in [-0.4, -0.2) is 22.7 Å². The molecule has 1 aliphatic rings. The molecule has 2 heterocycles. The molecule has 2 N–H and O–H groups in total. The van der Waals surface area contributed by atoms with Crippen LogP contribution in [0.1, 0.15) is 34.7 Å². The summed E-state index contributed by atoms with van der Waals surface area (Å²) in [7, 11) is 0. The molecule has 4 rings (SSSR count). The first-order chi connectivity index (χ1) is 12.2. The van der Waals surface area contributed by atoms with E-state index in [1.165, 1.54) is 0 Å². The Balaban J connectivity index is 1.46. The van der Waals surface area contributed by atoms with Gasteiger partial charge >= 0.3 is 0 Å². The Morgan fingerprint density at radius 3 is 2.96 bits per heavy atom. The Hall–Kier alpha value is -2.86. The smallest absolute Gasteiger partial charge is 0.273 e. The minimum Gasteiger partial charge on any atom is -0.469 e. The molecule has 0 bridgehead atoms. The van der Waals surface area contributed by atoms with Crippen molar-refractivity contribution in [3.05, 3.63) is 65.7 Å². The monoisotopic (exact) mass is 338 g/mol. The molecule has 2 aromatic heterocycles. The second-order valence-corrected chi connectivity index (χ2v) is 6.27. The quantitative estimate of drug-likeness (QED) is 0.763. The highest BCUT2D eigenvalue weighted by atomic mass is 16.5. The van der Waals surface area contributed by atoms with Gasteiger partial charge in [-0.05, 0) is 18.9 Å². The molecule has 1 aliphatic carbocycles. The van der Waals surface area contributed by atoms with Crippen LogP contribution >= 0.6 is 0 Å². The summed E-state index contributed by atoms with van der Waals surface area (Å²) in [5.74, 6) is 0.935. The highest BCUT2D eigenvalue weighted by Gasteiger charge is 2.36. The van der Waals surface area contributed by atoms with E-state index in [0.717, 1.165) is 29.7 Å².